The number of nitrogens with zero attached hydrogens (tertiary/aromatic N) is 2. The molecular weight excluding hydrogens is 390 g/mol. The Labute approximate surface area is 181 Å². The lowest BCUT2D eigenvalue weighted by molar-refractivity contribution is 0.0951. The Morgan fingerprint density at radius 1 is 1.13 bits per heavy atom. The Hall–Kier alpha value is -3.54. The van der Waals surface area contributed by atoms with E-state index in [9.17, 15) is 9.59 Å². The molecule has 4 aromatic rings. The van der Waals surface area contributed by atoms with E-state index in [1.54, 1.807) is 17.9 Å². The monoisotopic (exact) mass is 417 g/mol. The second-order valence-electron chi connectivity index (χ2n) is 8.23. The lowest BCUT2D eigenvalue weighted by Gasteiger charge is -2.13. The summed E-state index contributed by atoms with van der Waals surface area (Å²) < 4.78 is 8.82. The summed E-state index contributed by atoms with van der Waals surface area (Å²) in [6, 6.07) is 15.4. The zero-order valence-electron chi connectivity index (χ0n) is 18.3. The van der Waals surface area contributed by atoms with Crippen LogP contribution in [0.1, 0.15) is 29.8 Å². The number of para-hydroxylation sites is 1. The Morgan fingerprint density at radius 3 is 2.65 bits per heavy atom. The number of benzene rings is 2. The predicted molar refractivity (Wildman–Crippen MR) is 124 cm³/mol. The maximum Gasteiger partial charge on any atom is 0.275 e. The summed E-state index contributed by atoms with van der Waals surface area (Å²) >= 11 is 0. The first-order chi connectivity index (χ1) is 14.9. The SMILES string of the molecule is COc1cccc(CNC(=O)c2cn(CC(C)C)c(=O)c3c2c2ccccc2n3C)c1. The molecule has 2 heterocycles. The Morgan fingerprint density at radius 2 is 1.90 bits per heavy atom. The molecule has 0 bridgehead atoms. The molecule has 160 valence electrons. The summed E-state index contributed by atoms with van der Waals surface area (Å²) in [5.41, 5.74) is 2.86. The van der Waals surface area contributed by atoms with Crippen LogP contribution < -0.4 is 15.6 Å². The van der Waals surface area contributed by atoms with Crippen molar-refractivity contribution < 1.29 is 9.53 Å². The van der Waals surface area contributed by atoms with Crippen LogP contribution in [-0.2, 0) is 20.1 Å². The number of carbonyl (C=O) groups excluding carboxylic acids is 1. The molecule has 0 saturated carbocycles. The maximum atomic E-state index is 13.3. The van der Waals surface area contributed by atoms with Crippen molar-refractivity contribution in [2.24, 2.45) is 13.0 Å². The summed E-state index contributed by atoms with van der Waals surface area (Å²) in [7, 11) is 3.50. The van der Waals surface area contributed by atoms with E-state index in [0.717, 1.165) is 22.2 Å². The molecule has 6 nitrogen and oxygen atoms in total. The molecule has 2 aromatic heterocycles. The molecule has 0 unspecified atom stereocenters. The smallest absolute Gasteiger partial charge is 0.275 e. The number of rotatable bonds is 6. The average Bonchev–Trinajstić information content (AvgIpc) is 3.07. The second kappa shape index (κ2) is 8.30. The van der Waals surface area contributed by atoms with Crippen molar-refractivity contribution in [2.75, 3.05) is 7.11 Å². The van der Waals surface area contributed by atoms with Crippen LogP contribution in [0.2, 0.25) is 0 Å². The van der Waals surface area contributed by atoms with Gasteiger partial charge in [-0.25, -0.2) is 0 Å². The number of aromatic nitrogens is 2. The lowest BCUT2D eigenvalue weighted by atomic mass is 10.1. The number of hydrogen-bond donors (Lipinski definition) is 1. The van der Waals surface area contributed by atoms with E-state index < -0.39 is 0 Å². The molecule has 0 radical (unpaired) electrons. The Kier molecular flexibility index (Phi) is 5.55. The summed E-state index contributed by atoms with van der Waals surface area (Å²) in [6.07, 6.45) is 1.71. The first-order valence-corrected chi connectivity index (χ1v) is 10.4. The molecule has 2 aromatic carbocycles. The highest BCUT2D eigenvalue weighted by Gasteiger charge is 2.21. The molecular formula is C25H27N3O3. The van der Waals surface area contributed by atoms with Crippen molar-refractivity contribution in [1.82, 2.24) is 14.5 Å². The fraction of sp³-hybridized carbons (Fsp3) is 0.280. The molecule has 31 heavy (non-hydrogen) atoms. The summed E-state index contributed by atoms with van der Waals surface area (Å²) in [4.78, 5) is 26.6. The van der Waals surface area contributed by atoms with Crippen LogP contribution in [0.15, 0.2) is 59.5 Å². The molecule has 0 aliphatic heterocycles. The van der Waals surface area contributed by atoms with E-state index in [0.29, 0.717) is 29.6 Å². The van der Waals surface area contributed by atoms with E-state index in [-0.39, 0.29) is 17.4 Å². The van der Waals surface area contributed by atoms with Crippen LogP contribution in [0.3, 0.4) is 0 Å². The van der Waals surface area contributed by atoms with Crippen molar-refractivity contribution in [3.63, 3.8) is 0 Å². The summed E-state index contributed by atoms with van der Waals surface area (Å²) in [5.74, 6) is 0.813. The molecule has 6 heteroatoms. The quantitative estimate of drug-likeness (QED) is 0.514. The van der Waals surface area contributed by atoms with Crippen LogP contribution in [-0.4, -0.2) is 22.2 Å². The maximum absolute atomic E-state index is 13.3. The fourth-order valence-corrected chi connectivity index (χ4v) is 4.09. The fourth-order valence-electron chi connectivity index (χ4n) is 4.09. The Bertz CT molecular complexity index is 1330. The number of ether oxygens (including phenoxy) is 1. The lowest BCUT2D eigenvalue weighted by Crippen LogP contribution is -2.29. The van der Waals surface area contributed by atoms with Crippen molar-refractivity contribution in [3.05, 3.63) is 76.2 Å². The van der Waals surface area contributed by atoms with Gasteiger partial charge in [-0.1, -0.05) is 44.2 Å². The van der Waals surface area contributed by atoms with Gasteiger partial charge in [-0.3, -0.25) is 9.59 Å². The van der Waals surface area contributed by atoms with Crippen LogP contribution in [0.5, 0.6) is 5.75 Å². The van der Waals surface area contributed by atoms with Gasteiger partial charge in [0.15, 0.2) is 0 Å². The van der Waals surface area contributed by atoms with Crippen molar-refractivity contribution in [2.45, 2.75) is 26.9 Å². The van der Waals surface area contributed by atoms with Gasteiger partial charge < -0.3 is 19.2 Å². The van der Waals surface area contributed by atoms with Crippen molar-refractivity contribution in [1.29, 1.82) is 0 Å². The zero-order valence-corrected chi connectivity index (χ0v) is 18.3. The molecule has 0 spiro atoms. The topological polar surface area (TPSA) is 65.3 Å². The van der Waals surface area contributed by atoms with Gasteiger partial charge in [0, 0.05) is 42.6 Å². The highest BCUT2D eigenvalue weighted by Crippen LogP contribution is 2.29. The van der Waals surface area contributed by atoms with E-state index in [1.165, 1.54) is 0 Å². The third-order valence-corrected chi connectivity index (χ3v) is 5.52. The van der Waals surface area contributed by atoms with Crippen LogP contribution in [0, 0.1) is 5.92 Å². The normalized spacial score (nSPS) is 11.4. The minimum Gasteiger partial charge on any atom is -0.497 e. The number of pyridine rings is 1. The minimum absolute atomic E-state index is 0.0771. The van der Waals surface area contributed by atoms with Gasteiger partial charge in [-0.2, -0.15) is 0 Å². The van der Waals surface area contributed by atoms with Gasteiger partial charge >= 0.3 is 0 Å². The highest BCUT2D eigenvalue weighted by molar-refractivity contribution is 6.17. The van der Waals surface area contributed by atoms with Crippen molar-refractivity contribution >= 4 is 27.7 Å². The van der Waals surface area contributed by atoms with Crippen LogP contribution in [0.25, 0.3) is 21.8 Å². The van der Waals surface area contributed by atoms with Gasteiger partial charge in [0.05, 0.1) is 12.7 Å². The van der Waals surface area contributed by atoms with Gasteiger partial charge in [0.2, 0.25) is 0 Å². The number of aryl methyl sites for hydroxylation is 1. The average molecular weight is 418 g/mol. The third kappa shape index (κ3) is 3.81. The first-order valence-electron chi connectivity index (χ1n) is 10.4. The number of nitrogens with one attached hydrogen (secondary N) is 1. The molecule has 0 aliphatic carbocycles. The highest BCUT2D eigenvalue weighted by atomic mass is 16.5. The number of methoxy groups -OCH3 is 1. The molecule has 0 atom stereocenters. The van der Waals surface area contributed by atoms with Gasteiger partial charge in [0.25, 0.3) is 11.5 Å². The molecule has 1 amide bonds. The molecule has 4 rings (SSSR count). The van der Waals surface area contributed by atoms with Gasteiger partial charge in [0.1, 0.15) is 11.3 Å². The largest absolute Gasteiger partial charge is 0.497 e. The van der Waals surface area contributed by atoms with Crippen molar-refractivity contribution in [3.8, 4) is 5.75 Å². The number of amides is 1. The minimum atomic E-state index is -0.207. The van der Waals surface area contributed by atoms with E-state index >= 15 is 0 Å². The summed E-state index contributed by atoms with van der Waals surface area (Å²) in [6.45, 7) is 5.03. The Balaban J connectivity index is 1.83. The van der Waals surface area contributed by atoms with E-state index in [4.69, 9.17) is 4.74 Å². The standard InChI is InChI=1S/C25H27N3O3/c1-16(2)14-28-15-20(24(29)26-13-17-8-7-9-18(12-17)31-4)22-19-10-5-6-11-21(19)27(3)23(22)25(28)30/h5-12,15-16H,13-14H2,1-4H3,(H,26,29). The van der Waals surface area contributed by atoms with Crippen LogP contribution in [0.4, 0.5) is 0 Å². The predicted octanol–water partition coefficient (Wildman–Crippen LogP) is 4.09. The van der Waals surface area contributed by atoms with Gasteiger partial charge in [-0.05, 0) is 29.7 Å². The third-order valence-electron chi connectivity index (χ3n) is 5.52. The van der Waals surface area contributed by atoms with Crippen LogP contribution >= 0.6 is 0 Å². The summed E-state index contributed by atoms with van der Waals surface area (Å²) in [5, 5.41) is 4.62. The molecule has 0 fully saturated rings. The van der Waals surface area contributed by atoms with E-state index in [1.807, 2.05) is 60.1 Å². The number of hydrogen-bond acceptors (Lipinski definition) is 3. The zero-order chi connectivity index (χ0) is 22.1. The second-order valence-corrected chi connectivity index (χ2v) is 8.23. The molecule has 0 saturated heterocycles. The first kappa shape index (κ1) is 20.7. The molecule has 0 aliphatic rings. The molecule has 1 N–H and O–H groups in total. The number of carbonyl (C=O) groups is 1. The van der Waals surface area contributed by atoms with Gasteiger partial charge in [-0.15, -0.1) is 0 Å². The number of fused-ring (bicyclic) bond motifs is 3. The van der Waals surface area contributed by atoms with E-state index in [2.05, 4.69) is 19.2 Å².